The van der Waals surface area contributed by atoms with Crippen LogP contribution < -0.4 is 4.90 Å². The quantitative estimate of drug-likeness (QED) is 0.419. The number of nitrogens with zero attached hydrogens (tertiary/aromatic N) is 6. The molecule has 0 spiro atoms. The van der Waals surface area contributed by atoms with E-state index in [-0.39, 0.29) is 5.91 Å². The number of rotatable bonds is 5. The van der Waals surface area contributed by atoms with Gasteiger partial charge in [0.25, 0.3) is 5.91 Å². The van der Waals surface area contributed by atoms with Crippen LogP contribution in [-0.2, 0) is 6.42 Å². The van der Waals surface area contributed by atoms with Crippen molar-refractivity contribution in [2.24, 2.45) is 0 Å². The van der Waals surface area contributed by atoms with E-state index in [9.17, 15) is 4.79 Å². The molecule has 0 N–H and O–H groups in total. The Balaban J connectivity index is 1.47. The zero-order valence-electron chi connectivity index (χ0n) is 19.4. The van der Waals surface area contributed by atoms with Gasteiger partial charge in [-0.25, -0.2) is 14.6 Å². The van der Waals surface area contributed by atoms with Gasteiger partial charge < -0.3 is 9.80 Å². The van der Waals surface area contributed by atoms with E-state index in [1.807, 2.05) is 59.0 Å². The lowest BCUT2D eigenvalue weighted by molar-refractivity contribution is 0.0746. The SMILES string of the molecule is CCCc1nc(N2CCN(C(=O)c3cccc(Cl)c3)CC2)c2c(C)nn(-c3ccccc3)c2n1. The number of aryl methyl sites for hydroxylation is 2. The molecule has 1 saturated heterocycles. The molecule has 8 heteroatoms. The maximum absolute atomic E-state index is 13.0. The van der Waals surface area contributed by atoms with Crippen molar-refractivity contribution < 1.29 is 4.79 Å². The third-order valence-electron chi connectivity index (χ3n) is 6.14. The first-order chi connectivity index (χ1) is 16.5. The van der Waals surface area contributed by atoms with E-state index in [1.165, 1.54) is 0 Å². The molecular weight excluding hydrogens is 448 g/mol. The van der Waals surface area contributed by atoms with Crippen LogP contribution in [0.15, 0.2) is 54.6 Å². The van der Waals surface area contributed by atoms with Gasteiger partial charge >= 0.3 is 0 Å². The largest absolute Gasteiger partial charge is 0.352 e. The summed E-state index contributed by atoms with van der Waals surface area (Å²) in [5, 5.41) is 6.36. The topological polar surface area (TPSA) is 67.2 Å². The molecule has 4 aromatic rings. The van der Waals surface area contributed by atoms with E-state index in [1.54, 1.807) is 12.1 Å². The predicted molar refractivity (Wildman–Crippen MR) is 135 cm³/mol. The Bertz CT molecular complexity index is 1330. The fourth-order valence-electron chi connectivity index (χ4n) is 4.44. The standard InChI is InChI=1S/C26H27ClN6O/c1-3-8-22-28-24(23-18(2)30-33(25(23)29-22)21-11-5-4-6-12-21)31-13-15-32(16-14-31)26(34)19-9-7-10-20(27)17-19/h4-7,9-12,17H,3,8,13-16H2,1-2H3. The van der Waals surface area contributed by atoms with E-state index >= 15 is 0 Å². The number of carbonyl (C=O) groups is 1. The number of piperazine rings is 1. The summed E-state index contributed by atoms with van der Waals surface area (Å²) >= 11 is 6.09. The molecule has 174 valence electrons. The van der Waals surface area contributed by atoms with Crippen molar-refractivity contribution in [2.45, 2.75) is 26.7 Å². The average molecular weight is 475 g/mol. The number of para-hydroxylation sites is 1. The molecule has 1 amide bonds. The Morgan fingerprint density at radius 1 is 1.00 bits per heavy atom. The van der Waals surface area contributed by atoms with Gasteiger partial charge in [-0.15, -0.1) is 0 Å². The molecule has 1 aliphatic heterocycles. The van der Waals surface area contributed by atoms with Gasteiger partial charge in [0.15, 0.2) is 5.65 Å². The minimum absolute atomic E-state index is 0.00901. The number of halogens is 1. The number of amides is 1. The predicted octanol–water partition coefficient (Wildman–Crippen LogP) is 4.69. The van der Waals surface area contributed by atoms with Crippen molar-refractivity contribution >= 4 is 34.4 Å². The van der Waals surface area contributed by atoms with Gasteiger partial charge in [0.05, 0.1) is 16.8 Å². The molecular formula is C26H27ClN6O. The Labute approximate surface area is 204 Å². The van der Waals surface area contributed by atoms with Crippen molar-refractivity contribution in [1.82, 2.24) is 24.6 Å². The Kier molecular flexibility index (Phi) is 6.20. The van der Waals surface area contributed by atoms with Crippen LogP contribution in [0, 0.1) is 6.92 Å². The van der Waals surface area contributed by atoms with Crippen LogP contribution in [-0.4, -0.2) is 56.7 Å². The molecule has 34 heavy (non-hydrogen) atoms. The van der Waals surface area contributed by atoms with Crippen molar-refractivity contribution in [3.05, 3.63) is 76.7 Å². The molecule has 0 atom stereocenters. The van der Waals surface area contributed by atoms with Gasteiger partial charge in [0.1, 0.15) is 11.6 Å². The fourth-order valence-corrected chi connectivity index (χ4v) is 4.63. The molecule has 7 nitrogen and oxygen atoms in total. The lowest BCUT2D eigenvalue weighted by Crippen LogP contribution is -2.49. The average Bonchev–Trinajstić information content (AvgIpc) is 3.20. The molecule has 0 radical (unpaired) electrons. The summed E-state index contributed by atoms with van der Waals surface area (Å²) < 4.78 is 1.91. The van der Waals surface area contributed by atoms with Crippen molar-refractivity contribution in [1.29, 1.82) is 0 Å². The molecule has 1 fully saturated rings. The van der Waals surface area contributed by atoms with Gasteiger partial charge in [-0.3, -0.25) is 4.79 Å². The van der Waals surface area contributed by atoms with Gasteiger partial charge in [-0.1, -0.05) is 42.8 Å². The van der Waals surface area contributed by atoms with Crippen LogP contribution in [0.25, 0.3) is 16.7 Å². The molecule has 2 aromatic carbocycles. The maximum atomic E-state index is 13.0. The maximum Gasteiger partial charge on any atom is 0.254 e. The van der Waals surface area contributed by atoms with Crippen LogP contribution in [0.5, 0.6) is 0 Å². The third-order valence-corrected chi connectivity index (χ3v) is 6.38. The summed E-state index contributed by atoms with van der Waals surface area (Å²) in [5.41, 5.74) is 3.32. The van der Waals surface area contributed by atoms with Gasteiger partial charge in [-0.2, -0.15) is 5.10 Å². The highest BCUT2D eigenvalue weighted by Gasteiger charge is 2.27. The highest BCUT2D eigenvalue weighted by Crippen LogP contribution is 2.30. The van der Waals surface area contributed by atoms with E-state index in [2.05, 4.69) is 11.8 Å². The first-order valence-corrected chi connectivity index (χ1v) is 12.0. The lowest BCUT2D eigenvalue weighted by atomic mass is 10.1. The molecule has 0 saturated carbocycles. The minimum Gasteiger partial charge on any atom is -0.352 e. The van der Waals surface area contributed by atoms with Crippen LogP contribution in [0.4, 0.5) is 5.82 Å². The van der Waals surface area contributed by atoms with E-state index in [0.29, 0.717) is 36.8 Å². The smallest absolute Gasteiger partial charge is 0.254 e. The lowest BCUT2D eigenvalue weighted by Gasteiger charge is -2.35. The van der Waals surface area contributed by atoms with Crippen LogP contribution in [0.1, 0.15) is 35.2 Å². The van der Waals surface area contributed by atoms with E-state index < -0.39 is 0 Å². The van der Waals surface area contributed by atoms with Crippen molar-refractivity contribution in [2.75, 3.05) is 31.1 Å². The Hall–Kier alpha value is -3.45. The summed E-state index contributed by atoms with van der Waals surface area (Å²) in [6, 6.07) is 17.2. The molecule has 0 unspecified atom stereocenters. The van der Waals surface area contributed by atoms with Crippen molar-refractivity contribution in [3.8, 4) is 5.69 Å². The first-order valence-electron chi connectivity index (χ1n) is 11.7. The Morgan fingerprint density at radius 2 is 1.76 bits per heavy atom. The van der Waals surface area contributed by atoms with Crippen LogP contribution >= 0.6 is 11.6 Å². The second-order valence-corrected chi connectivity index (χ2v) is 8.97. The monoisotopic (exact) mass is 474 g/mol. The summed E-state index contributed by atoms with van der Waals surface area (Å²) in [6.07, 6.45) is 1.76. The number of fused-ring (bicyclic) bond motifs is 1. The van der Waals surface area contributed by atoms with Gasteiger partial charge in [-0.05, 0) is 43.7 Å². The number of aromatic nitrogens is 4. The molecule has 1 aliphatic rings. The Morgan fingerprint density at radius 3 is 2.47 bits per heavy atom. The van der Waals surface area contributed by atoms with Crippen LogP contribution in [0.3, 0.4) is 0 Å². The zero-order valence-corrected chi connectivity index (χ0v) is 20.2. The number of hydrogen-bond acceptors (Lipinski definition) is 5. The first kappa shape index (κ1) is 22.3. The normalized spacial score (nSPS) is 14.1. The highest BCUT2D eigenvalue weighted by atomic mass is 35.5. The van der Waals surface area contributed by atoms with Gasteiger partial charge in [0, 0.05) is 43.2 Å². The zero-order chi connectivity index (χ0) is 23.7. The summed E-state index contributed by atoms with van der Waals surface area (Å²) in [4.78, 5) is 27.0. The third kappa shape index (κ3) is 4.23. The second-order valence-electron chi connectivity index (χ2n) is 8.53. The summed E-state index contributed by atoms with van der Waals surface area (Å²) in [5.74, 6) is 1.73. The molecule has 3 heterocycles. The van der Waals surface area contributed by atoms with E-state index in [0.717, 1.165) is 46.9 Å². The summed E-state index contributed by atoms with van der Waals surface area (Å²) in [6.45, 7) is 6.76. The minimum atomic E-state index is 0.00901. The number of hydrogen-bond donors (Lipinski definition) is 0. The molecule has 0 aliphatic carbocycles. The van der Waals surface area contributed by atoms with Gasteiger partial charge in [0.2, 0.25) is 0 Å². The van der Waals surface area contributed by atoms with Crippen molar-refractivity contribution in [3.63, 3.8) is 0 Å². The molecule has 2 aromatic heterocycles. The number of benzene rings is 2. The fraction of sp³-hybridized carbons (Fsp3) is 0.308. The second kappa shape index (κ2) is 9.43. The highest BCUT2D eigenvalue weighted by molar-refractivity contribution is 6.30. The number of carbonyl (C=O) groups excluding carboxylic acids is 1. The van der Waals surface area contributed by atoms with E-state index in [4.69, 9.17) is 26.7 Å². The number of anilines is 1. The molecule has 5 rings (SSSR count). The summed E-state index contributed by atoms with van der Waals surface area (Å²) in [7, 11) is 0. The molecule has 0 bridgehead atoms. The van der Waals surface area contributed by atoms with Crippen LogP contribution in [0.2, 0.25) is 5.02 Å².